The minimum atomic E-state index is -3.95. The van der Waals surface area contributed by atoms with Gasteiger partial charge in [-0.1, -0.05) is 23.5 Å². The third kappa shape index (κ3) is 4.40. The van der Waals surface area contributed by atoms with Crippen LogP contribution in [0, 0.1) is 5.82 Å². The summed E-state index contributed by atoms with van der Waals surface area (Å²) in [6.07, 6.45) is 2.67. The molecule has 10 heteroatoms. The predicted molar refractivity (Wildman–Crippen MR) is 124 cm³/mol. The fourth-order valence-corrected chi connectivity index (χ4v) is 7.06. The zero-order valence-corrected chi connectivity index (χ0v) is 19.5. The second-order valence-corrected chi connectivity index (χ2v) is 11.2. The van der Waals surface area contributed by atoms with Gasteiger partial charge in [0, 0.05) is 13.2 Å². The van der Waals surface area contributed by atoms with Crippen molar-refractivity contribution in [2.24, 2.45) is 0 Å². The standard InChI is InChI=1S/C23H24FN3O4S2/c24-16-9-11-18(12-10-16)33(29,30)27-13-3-7-20(27)22(28)26(15-17-5-4-14-31-17)23-25-19-6-1-2-8-21(19)32-23/h1-2,6,8-12,17,20H,3-5,7,13-15H2/t17-,20-/m1/s1. The normalized spacial score (nSPS) is 21.6. The lowest BCUT2D eigenvalue weighted by Crippen LogP contribution is -2.49. The number of hydrogen-bond acceptors (Lipinski definition) is 6. The van der Waals surface area contributed by atoms with Gasteiger partial charge >= 0.3 is 0 Å². The highest BCUT2D eigenvalue weighted by atomic mass is 32.2. The number of amides is 1. The number of halogens is 1. The first-order valence-electron chi connectivity index (χ1n) is 11.0. The summed E-state index contributed by atoms with van der Waals surface area (Å²) >= 11 is 1.41. The first kappa shape index (κ1) is 22.4. The summed E-state index contributed by atoms with van der Waals surface area (Å²) in [5, 5.41) is 0.544. The van der Waals surface area contributed by atoms with Crippen LogP contribution in [0.15, 0.2) is 53.4 Å². The molecule has 0 N–H and O–H groups in total. The zero-order valence-electron chi connectivity index (χ0n) is 17.9. The van der Waals surface area contributed by atoms with Crippen molar-refractivity contribution in [3.05, 3.63) is 54.3 Å². The van der Waals surface area contributed by atoms with E-state index in [9.17, 15) is 17.6 Å². The number of carbonyl (C=O) groups is 1. The maximum Gasteiger partial charge on any atom is 0.247 e. The summed E-state index contributed by atoms with van der Waals surface area (Å²) in [6.45, 7) is 1.23. The van der Waals surface area contributed by atoms with Gasteiger partial charge in [0.2, 0.25) is 15.9 Å². The van der Waals surface area contributed by atoms with Crippen molar-refractivity contribution in [2.75, 3.05) is 24.6 Å². The van der Waals surface area contributed by atoms with E-state index >= 15 is 0 Å². The summed E-state index contributed by atoms with van der Waals surface area (Å²) in [5.74, 6) is -0.811. The molecule has 3 aromatic rings. The molecule has 2 atom stereocenters. The van der Waals surface area contributed by atoms with Gasteiger partial charge in [-0.2, -0.15) is 4.31 Å². The highest BCUT2D eigenvalue weighted by Gasteiger charge is 2.42. The number of benzene rings is 2. The number of carbonyl (C=O) groups excluding carboxylic acids is 1. The fourth-order valence-electron chi connectivity index (χ4n) is 4.43. The Bertz CT molecular complexity index is 1220. The lowest BCUT2D eigenvalue weighted by molar-refractivity contribution is -0.122. The van der Waals surface area contributed by atoms with E-state index in [4.69, 9.17) is 4.74 Å². The molecule has 0 bridgehead atoms. The van der Waals surface area contributed by atoms with E-state index < -0.39 is 21.9 Å². The Balaban J connectivity index is 1.47. The van der Waals surface area contributed by atoms with Gasteiger partial charge in [-0.05, 0) is 62.1 Å². The van der Waals surface area contributed by atoms with Crippen LogP contribution in [-0.4, -0.2) is 55.5 Å². The van der Waals surface area contributed by atoms with Gasteiger partial charge in [0.05, 0.1) is 27.8 Å². The molecule has 2 aliphatic rings. The van der Waals surface area contributed by atoms with Crippen molar-refractivity contribution in [3.63, 3.8) is 0 Å². The predicted octanol–water partition coefficient (Wildman–Crippen LogP) is 3.80. The number of para-hydroxylation sites is 1. The lowest BCUT2D eigenvalue weighted by Gasteiger charge is -2.29. The number of ether oxygens (including phenoxy) is 1. The number of rotatable bonds is 6. The molecule has 2 aromatic carbocycles. The first-order chi connectivity index (χ1) is 15.9. The minimum Gasteiger partial charge on any atom is -0.376 e. The van der Waals surface area contributed by atoms with E-state index in [0.717, 1.165) is 35.2 Å². The molecular formula is C23H24FN3O4S2. The summed E-state index contributed by atoms with van der Waals surface area (Å²) in [6, 6.07) is 11.5. The van der Waals surface area contributed by atoms with Gasteiger partial charge < -0.3 is 4.74 Å². The molecule has 1 aromatic heterocycles. The van der Waals surface area contributed by atoms with Crippen molar-refractivity contribution in [1.82, 2.24) is 9.29 Å². The van der Waals surface area contributed by atoms with E-state index in [1.807, 2.05) is 24.3 Å². The van der Waals surface area contributed by atoms with Crippen LogP contribution in [0.25, 0.3) is 10.2 Å². The molecule has 2 aliphatic heterocycles. The molecule has 7 nitrogen and oxygen atoms in total. The van der Waals surface area contributed by atoms with Crippen molar-refractivity contribution >= 4 is 42.6 Å². The van der Waals surface area contributed by atoms with Crippen molar-refractivity contribution in [3.8, 4) is 0 Å². The average Bonchev–Trinajstić information content (AvgIpc) is 3.57. The summed E-state index contributed by atoms with van der Waals surface area (Å²) in [7, 11) is -3.95. The van der Waals surface area contributed by atoms with Crippen LogP contribution in [-0.2, 0) is 19.6 Å². The Hall–Kier alpha value is -2.40. The summed E-state index contributed by atoms with van der Waals surface area (Å²) in [4.78, 5) is 20.1. The highest BCUT2D eigenvalue weighted by Crippen LogP contribution is 2.33. The van der Waals surface area contributed by atoms with Gasteiger partial charge in [-0.3, -0.25) is 9.69 Å². The molecule has 174 valence electrons. The van der Waals surface area contributed by atoms with Crippen molar-refractivity contribution in [1.29, 1.82) is 0 Å². The zero-order chi connectivity index (χ0) is 23.0. The molecule has 1 amide bonds. The Labute approximate surface area is 195 Å². The van der Waals surface area contributed by atoms with Crippen molar-refractivity contribution < 1.29 is 22.3 Å². The Morgan fingerprint density at radius 2 is 1.94 bits per heavy atom. The number of aromatic nitrogens is 1. The number of hydrogen-bond donors (Lipinski definition) is 0. The highest BCUT2D eigenvalue weighted by molar-refractivity contribution is 7.89. The molecular weight excluding hydrogens is 465 g/mol. The van der Waals surface area contributed by atoms with Gasteiger partial charge in [-0.15, -0.1) is 0 Å². The third-order valence-corrected chi connectivity index (χ3v) is 9.08. The number of thiazole rings is 1. The molecule has 2 saturated heterocycles. The SMILES string of the molecule is O=C([C@H]1CCCN1S(=O)(=O)c1ccc(F)cc1)N(C[C@H]1CCCO1)c1nc2ccccc2s1. The van der Waals surface area contributed by atoms with Crippen LogP contribution in [0.4, 0.5) is 9.52 Å². The van der Waals surface area contributed by atoms with Crippen LogP contribution in [0.3, 0.4) is 0 Å². The number of sulfonamides is 1. The van der Waals surface area contributed by atoms with Crippen LogP contribution < -0.4 is 4.90 Å². The largest absolute Gasteiger partial charge is 0.376 e. The van der Waals surface area contributed by atoms with E-state index in [1.165, 1.54) is 27.8 Å². The van der Waals surface area contributed by atoms with Crippen LogP contribution >= 0.6 is 11.3 Å². The van der Waals surface area contributed by atoms with E-state index in [0.29, 0.717) is 31.1 Å². The number of nitrogens with zero attached hydrogens (tertiary/aromatic N) is 3. The van der Waals surface area contributed by atoms with E-state index in [1.54, 1.807) is 4.90 Å². The molecule has 0 saturated carbocycles. The smallest absolute Gasteiger partial charge is 0.247 e. The Morgan fingerprint density at radius 3 is 2.67 bits per heavy atom. The molecule has 2 fully saturated rings. The second-order valence-electron chi connectivity index (χ2n) is 8.28. The minimum absolute atomic E-state index is 0.0192. The molecule has 0 spiro atoms. The average molecular weight is 490 g/mol. The second kappa shape index (κ2) is 9.09. The van der Waals surface area contributed by atoms with Crippen LogP contribution in [0.1, 0.15) is 25.7 Å². The number of anilines is 1. The number of fused-ring (bicyclic) bond motifs is 1. The van der Waals surface area contributed by atoms with Crippen molar-refractivity contribution in [2.45, 2.75) is 42.7 Å². The van der Waals surface area contributed by atoms with Gasteiger partial charge in [-0.25, -0.2) is 17.8 Å². The molecule has 33 heavy (non-hydrogen) atoms. The van der Waals surface area contributed by atoms with Crippen LogP contribution in [0.5, 0.6) is 0 Å². The van der Waals surface area contributed by atoms with Gasteiger partial charge in [0.1, 0.15) is 11.9 Å². The van der Waals surface area contributed by atoms with E-state index in [-0.39, 0.29) is 23.5 Å². The first-order valence-corrected chi connectivity index (χ1v) is 13.2. The molecule has 5 rings (SSSR count). The third-order valence-electron chi connectivity index (χ3n) is 6.10. The molecule has 3 heterocycles. The maximum atomic E-state index is 13.8. The Kier molecular flexibility index (Phi) is 6.17. The molecule has 0 radical (unpaired) electrons. The van der Waals surface area contributed by atoms with E-state index in [2.05, 4.69) is 4.98 Å². The topological polar surface area (TPSA) is 79.8 Å². The molecule has 0 unspecified atom stereocenters. The van der Waals surface area contributed by atoms with Gasteiger partial charge in [0.25, 0.3) is 0 Å². The monoisotopic (exact) mass is 489 g/mol. The summed E-state index contributed by atoms with van der Waals surface area (Å²) in [5.41, 5.74) is 0.796. The Morgan fingerprint density at radius 1 is 1.15 bits per heavy atom. The van der Waals surface area contributed by atoms with Gasteiger partial charge in [0.15, 0.2) is 5.13 Å². The fraction of sp³-hybridized carbons (Fsp3) is 0.391. The quantitative estimate of drug-likeness (QED) is 0.526. The van der Waals surface area contributed by atoms with Crippen LogP contribution in [0.2, 0.25) is 0 Å². The maximum absolute atomic E-state index is 13.8. The lowest BCUT2D eigenvalue weighted by atomic mass is 10.2. The molecule has 0 aliphatic carbocycles. The summed E-state index contributed by atoms with van der Waals surface area (Å²) < 4.78 is 47.9.